The number of aryl methyl sites for hydroxylation is 1. The molecular formula is C19H19N3O2. The van der Waals surface area contributed by atoms with Crippen molar-refractivity contribution in [1.29, 1.82) is 0 Å². The second-order valence-corrected chi connectivity index (χ2v) is 5.79. The van der Waals surface area contributed by atoms with E-state index in [1.54, 1.807) is 6.07 Å². The summed E-state index contributed by atoms with van der Waals surface area (Å²) in [5.74, 6) is -0.240. The Hall–Kier alpha value is -2.95. The molecule has 3 aromatic rings. The number of aromatic nitrogens is 2. The van der Waals surface area contributed by atoms with Crippen molar-refractivity contribution in [2.45, 2.75) is 26.4 Å². The zero-order chi connectivity index (χ0) is 17.1. The number of rotatable bonds is 4. The maximum atomic E-state index is 12.5. The predicted molar refractivity (Wildman–Crippen MR) is 93.7 cm³/mol. The molecule has 1 aromatic heterocycles. The maximum absolute atomic E-state index is 12.5. The van der Waals surface area contributed by atoms with Crippen LogP contribution in [0, 0.1) is 6.92 Å². The fourth-order valence-corrected chi connectivity index (χ4v) is 2.76. The van der Waals surface area contributed by atoms with Crippen LogP contribution in [0.15, 0.2) is 59.4 Å². The fourth-order valence-electron chi connectivity index (χ4n) is 2.76. The summed E-state index contributed by atoms with van der Waals surface area (Å²) in [7, 11) is 0. The lowest BCUT2D eigenvalue weighted by Gasteiger charge is -2.15. The number of nitrogens with one attached hydrogen (secondary N) is 1. The van der Waals surface area contributed by atoms with Crippen molar-refractivity contribution in [2.75, 3.05) is 0 Å². The summed E-state index contributed by atoms with van der Waals surface area (Å²) in [5, 5.41) is 8.56. The van der Waals surface area contributed by atoms with Gasteiger partial charge in [0.1, 0.15) is 6.54 Å². The fraction of sp³-hybridized carbons (Fsp3) is 0.211. The van der Waals surface area contributed by atoms with E-state index in [0.29, 0.717) is 5.39 Å². The molecule has 1 amide bonds. The topological polar surface area (TPSA) is 64.0 Å². The van der Waals surface area contributed by atoms with E-state index in [9.17, 15) is 9.59 Å². The molecule has 5 nitrogen and oxygen atoms in total. The second-order valence-electron chi connectivity index (χ2n) is 5.79. The van der Waals surface area contributed by atoms with Gasteiger partial charge in [-0.2, -0.15) is 5.10 Å². The van der Waals surface area contributed by atoms with Gasteiger partial charge in [0.2, 0.25) is 5.91 Å². The highest BCUT2D eigenvalue weighted by Crippen LogP contribution is 2.12. The lowest BCUT2D eigenvalue weighted by atomic mass is 10.1. The number of nitrogens with zero attached hydrogens (tertiary/aromatic N) is 2. The molecule has 0 aliphatic heterocycles. The van der Waals surface area contributed by atoms with Crippen LogP contribution in [0.25, 0.3) is 10.8 Å². The monoisotopic (exact) mass is 321 g/mol. The molecule has 1 N–H and O–H groups in total. The van der Waals surface area contributed by atoms with Crippen molar-refractivity contribution in [1.82, 2.24) is 15.1 Å². The molecule has 0 radical (unpaired) electrons. The van der Waals surface area contributed by atoms with Gasteiger partial charge in [0.05, 0.1) is 17.1 Å². The highest BCUT2D eigenvalue weighted by atomic mass is 16.2. The average Bonchev–Trinajstić information content (AvgIpc) is 2.60. The molecular weight excluding hydrogens is 302 g/mol. The number of hydrogen-bond donors (Lipinski definition) is 1. The molecule has 1 atom stereocenters. The van der Waals surface area contributed by atoms with Crippen molar-refractivity contribution < 1.29 is 4.79 Å². The van der Waals surface area contributed by atoms with Gasteiger partial charge in [0.15, 0.2) is 0 Å². The first-order valence-corrected chi connectivity index (χ1v) is 7.87. The molecule has 24 heavy (non-hydrogen) atoms. The minimum atomic E-state index is -0.251. The Labute approximate surface area is 139 Å². The zero-order valence-electron chi connectivity index (χ0n) is 13.7. The van der Waals surface area contributed by atoms with E-state index in [4.69, 9.17) is 0 Å². The van der Waals surface area contributed by atoms with Crippen molar-refractivity contribution in [3.63, 3.8) is 0 Å². The van der Waals surface area contributed by atoms with Gasteiger partial charge >= 0.3 is 0 Å². The summed E-state index contributed by atoms with van der Waals surface area (Å²) in [5.41, 5.74) is 1.49. The van der Waals surface area contributed by atoms with Crippen LogP contribution >= 0.6 is 0 Å². The third-order valence-corrected chi connectivity index (χ3v) is 4.02. The summed E-state index contributed by atoms with van der Waals surface area (Å²) < 4.78 is 1.23. The van der Waals surface area contributed by atoms with Gasteiger partial charge in [-0.05, 0) is 25.5 Å². The number of fused-ring (bicyclic) bond motifs is 1. The largest absolute Gasteiger partial charge is 0.348 e. The first kappa shape index (κ1) is 15.9. The number of amides is 1. The zero-order valence-corrected chi connectivity index (χ0v) is 13.7. The molecule has 0 saturated heterocycles. The van der Waals surface area contributed by atoms with Crippen LogP contribution in [-0.2, 0) is 11.3 Å². The third kappa shape index (κ3) is 3.20. The summed E-state index contributed by atoms with van der Waals surface area (Å²) in [6, 6.07) is 16.9. The summed E-state index contributed by atoms with van der Waals surface area (Å²) >= 11 is 0. The van der Waals surface area contributed by atoms with Crippen molar-refractivity contribution >= 4 is 16.7 Å². The Balaban J connectivity index is 1.81. The van der Waals surface area contributed by atoms with E-state index in [0.717, 1.165) is 16.6 Å². The summed E-state index contributed by atoms with van der Waals surface area (Å²) in [4.78, 5) is 24.8. The lowest BCUT2D eigenvalue weighted by molar-refractivity contribution is -0.122. The standard InChI is InChI=1S/C19H19N3O2/c1-13(15-8-4-3-5-9-15)20-18(23)12-22-19(24)17-11-7-6-10-16(17)14(2)21-22/h3-11,13H,12H2,1-2H3,(H,20,23)/t13-/m1/s1. The van der Waals surface area contributed by atoms with Crippen LogP contribution in [0.5, 0.6) is 0 Å². The van der Waals surface area contributed by atoms with E-state index in [2.05, 4.69) is 10.4 Å². The lowest BCUT2D eigenvalue weighted by Crippen LogP contribution is -2.35. The van der Waals surface area contributed by atoms with Crippen molar-refractivity contribution in [2.24, 2.45) is 0 Å². The molecule has 0 aliphatic carbocycles. The normalized spacial score (nSPS) is 12.1. The SMILES string of the molecule is Cc1nn(CC(=O)N[C@H](C)c2ccccc2)c(=O)c2ccccc12. The number of benzene rings is 2. The Morgan fingerprint density at radius 2 is 1.71 bits per heavy atom. The summed E-state index contributed by atoms with van der Waals surface area (Å²) in [6.45, 7) is 3.65. The van der Waals surface area contributed by atoms with Gasteiger partial charge in [-0.1, -0.05) is 48.5 Å². The molecule has 5 heteroatoms. The molecule has 0 aliphatic rings. The van der Waals surface area contributed by atoms with Crippen molar-refractivity contribution in [3.05, 3.63) is 76.2 Å². The Morgan fingerprint density at radius 1 is 1.08 bits per heavy atom. The van der Waals surface area contributed by atoms with Gasteiger partial charge in [-0.3, -0.25) is 9.59 Å². The highest BCUT2D eigenvalue weighted by Gasteiger charge is 2.13. The van der Waals surface area contributed by atoms with Crippen LogP contribution in [0.4, 0.5) is 0 Å². The highest BCUT2D eigenvalue weighted by molar-refractivity contribution is 5.83. The third-order valence-electron chi connectivity index (χ3n) is 4.02. The molecule has 0 unspecified atom stereocenters. The van der Waals surface area contributed by atoms with Crippen LogP contribution in [0.1, 0.15) is 24.2 Å². The van der Waals surface area contributed by atoms with Gasteiger partial charge in [-0.25, -0.2) is 4.68 Å². The minimum Gasteiger partial charge on any atom is -0.348 e. The predicted octanol–water partition coefficient (Wildman–Crippen LogP) is 2.58. The van der Waals surface area contributed by atoms with E-state index >= 15 is 0 Å². The van der Waals surface area contributed by atoms with Crippen molar-refractivity contribution in [3.8, 4) is 0 Å². The van der Waals surface area contributed by atoms with Crippen LogP contribution in [-0.4, -0.2) is 15.7 Å². The Kier molecular flexibility index (Phi) is 4.42. The number of carbonyl (C=O) groups excluding carboxylic acids is 1. The molecule has 3 rings (SSSR count). The van der Waals surface area contributed by atoms with Gasteiger partial charge in [-0.15, -0.1) is 0 Å². The molecule has 0 spiro atoms. The molecule has 0 bridgehead atoms. The Bertz CT molecular complexity index is 932. The quantitative estimate of drug-likeness (QED) is 0.803. The maximum Gasteiger partial charge on any atom is 0.275 e. The minimum absolute atomic E-state index is 0.0956. The van der Waals surface area contributed by atoms with Crippen LogP contribution < -0.4 is 10.9 Å². The first-order valence-electron chi connectivity index (χ1n) is 7.87. The average molecular weight is 321 g/mol. The number of hydrogen-bond acceptors (Lipinski definition) is 3. The molecule has 2 aromatic carbocycles. The number of carbonyl (C=O) groups is 1. The van der Waals surface area contributed by atoms with E-state index in [-0.39, 0.29) is 24.1 Å². The second kappa shape index (κ2) is 6.66. The van der Waals surface area contributed by atoms with Crippen LogP contribution in [0.3, 0.4) is 0 Å². The first-order chi connectivity index (χ1) is 11.6. The van der Waals surface area contributed by atoms with Gasteiger partial charge in [0, 0.05) is 5.39 Å². The van der Waals surface area contributed by atoms with E-state index < -0.39 is 0 Å². The summed E-state index contributed by atoms with van der Waals surface area (Å²) in [6.07, 6.45) is 0. The smallest absolute Gasteiger partial charge is 0.275 e. The molecule has 122 valence electrons. The van der Waals surface area contributed by atoms with Gasteiger partial charge < -0.3 is 5.32 Å². The van der Waals surface area contributed by atoms with E-state index in [1.165, 1.54) is 4.68 Å². The molecule has 1 heterocycles. The molecule has 0 fully saturated rings. The van der Waals surface area contributed by atoms with Crippen LogP contribution in [0.2, 0.25) is 0 Å². The van der Waals surface area contributed by atoms with E-state index in [1.807, 2.05) is 62.4 Å². The van der Waals surface area contributed by atoms with Gasteiger partial charge in [0.25, 0.3) is 5.56 Å². The Morgan fingerprint density at radius 3 is 2.42 bits per heavy atom. The molecule has 0 saturated carbocycles.